The lowest BCUT2D eigenvalue weighted by atomic mass is 9.76. The molecule has 0 saturated carbocycles. The van der Waals surface area contributed by atoms with Crippen molar-refractivity contribution >= 4 is 28.7 Å². The van der Waals surface area contributed by atoms with E-state index in [4.69, 9.17) is 0 Å². The van der Waals surface area contributed by atoms with Gasteiger partial charge in [0.2, 0.25) is 11.8 Å². The summed E-state index contributed by atoms with van der Waals surface area (Å²) in [6.45, 7) is 3.60. The molecule has 2 fully saturated rings. The van der Waals surface area contributed by atoms with Gasteiger partial charge >= 0.3 is 5.97 Å². The standard InChI is InChI=1S/C31H29N3O5/c1-17-12-20(13-18(2)27(17)35)26-24-25(29(37)34(28(24)36)16-19-8-4-3-5-9-19)31(33-26,30(38)39)14-21-15-32-23-11-7-6-10-22(21)23/h3-13,15,24-26,32-33,35H,14,16H2,1-2H3,(H,38,39). The third-order valence-corrected chi connectivity index (χ3v) is 8.33. The van der Waals surface area contributed by atoms with Crippen molar-refractivity contribution in [3.8, 4) is 5.75 Å². The van der Waals surface area contributed by atoms with Crippen molar-refractivity contribution in [1.29, 1.82) is 0 Å². The summed E-state index contributed by atoms with van der Waals surface area (Å²) >= 11 is 0. The Bertz CT molecular complexity index is 1600. The van der Waals surface area contributed by atoms with Gasteiger partial charge in [0.15, 0.2) is 0 Å². The molecule has 2 aliphatic rings. The number of nitrogens with one attached hydrogen (secondary N) is 2. The number of likely N-dealkylation sites (tertiary alicyclic amines) is 1. The minimum atomic E-state index is -1.72. The number of benzene rings is 3. The monoisotopic (exact) mass is 523 g/mol. The number of carbonyl (C=O) groups excluding carboxylic acids is 2. The van der Waals surface area contributed by atoms with Crippen LogP contribution in [0.4, 0.5) is 0 Å². The van der Waals surface area contributed by atoms with Crippen molar-refractivity contribution in [1.82, 2.24) is 15.2 Å². The number of aromatic amines is 1. The normalized spacial score (nSPS) is 24.5. The van der Waals surface area contributed by atoms with E-state index in [1.165, 1.54) is 4.90 Å². The van der Waals surface area contributed by atoms with Crippen LogP contribution in [-0.4, -0.2) is 43.4 Å². The van der Waals surface area contributed by atoms with Gasteiger partial charge in [-0.15, -0.1) is 0 Å². The Labute approximate surface area is 225 Å². The second-order valence-electron chi connectivity index (χ2n) is 10.7. The first-order chi connectivity index (χ1) is 18.7. The summed E-state index contributed by atoms with van der Waals surface area (Å²) in [5, 5.41) is 25.3. The van der Waals surface area contributed by atoms with E-state index in [0.29, 0.717) is 16.7 Å². The molecule has 198 valence electrons. The quantitative estimate of drug-likeness (QED) is 0.283. The lowest BCUT2D eigenvalue weighted by molar-refractivity contribution is -0.151. The van der Waals surface area contributed by atoms with E-state index in [-0.39, 0.29) is 18.7 Å². The number of phenolic OH excluding ortho intramolecular Hbond substituents is 1. The number of fused-ring (bicyclic) bond motifs is 2. The van der Waals surface area contributed by atoms with E-state index in [0.717, 1.165) is 22.0 Å². The fourth-order valence-electron chi connectivity index (χ4n) is 6.45. The smallest absolute Gasteiger partial charge is 0.325 e. The molecule has 3 aromatic carbocycles. The Balaban J connectivity index is 1.49. The second-order valence-corrected chi connectivity index (χ2v) is 10.7. The fourth-order valence-corrected chi connectivity index (χ4v) is 6.45. The predicted molar refractivity (Wildman–Crippen MR) is 145 cm³/mol. The molecule has 2 aliphatic heterocycles. The highest BCUT2D eigenvalue weighted by Crippen LogP contribution is 2.51. The van der Waals surface area contributed by atoms with Crippen LogP contribution < -0.4 is 5.32 Å². The van der Waals surface area contributed by atoms with E-state index in [1.807, 2.05) is 54.6 Å². The number of aromatic nitrogens is 1. The molecule has 4 N–H and O–H groups in total. The molecule has 0 bridgehead atoms. The molecule has 3 heterocycles. The Morgan fingerprint density at radius 1 is 0.974 bits per heavy atom. The molecular weight excluding hydrogens is 494 g/mol. The maximum Gasteiger partial charge on any atom is 0.325 e. The van der Waals surface area contributed by atoms with Crippen LogP contribution in [0.1, 0.15) is 33.9 Å². The number of imide groups is 1. The topological polar surface area (TPSA) is 123 Å². The zero-order valence-corrected chi connectivity index (χ0v) is 21.6. The molecule has 39 heavy (non-hydrogen) atoms. The van der Waals surface area contributed by atoms with Crippen LogP contribution >= 0.6 is 0 Å². The number of nitrogens with zero attached hydrogens (tertiary/aromatic N) is 1. The van der Waals surface area contributed by atoms with Crippen LogP contribution in [-0.2, 0) is 27.3 Å². The summed E-state index contributed by atoms with van der Waals surface area (Å²) < 4.78 is 0. The van der Waals surface area contributed by atoms with Crippen LogP contribution in [0.25, 0.3) is 10.9 Å². The van der Waals surface area contributed by atoms with Crippen molar-refractivity contribution in [3.63, 3.8) is 0 Å². The minimum Gasteiger partial charge on any atom is -0.507 e. The summed E-state index contributed by atoms with van der Waals surface area (Å²) in [7, 11) is 0. The highest BCUT2D eigenvalue weighted by Gasteiger charge is 2.68. The van der Waals surface area contributed by atoms with Crippen molar-refractivity contribution in [2.45, 2.75) is 38.4 Å². The number of aromatic hydroxyl groups is 1. The SMILES string of the molecule is Cc1cc(C2NC(Cc3c[nH]c4ccccc34)(C(=O)O)C3C(=O)N(Cc4ccccc4)C(=O)C23)cc(C)c1O. The molecule has 6 rings (SSSR count). The molecule has 8 nitrogen and oxygen atoms in total. The third kappa shape index (κ3) is 3.82. The van der Waals surface area contributed by atoms with Gasteiger partial charge in [-0.3, -0.25) is 24.6 Å². The number of hydrogen-bond acceptors (Lipinski definition) is 5. The molecule has 2 saturated heterocycles. The highest BCUT2D eigenvalue weighted by molar-refractivity contribution is 6.09. The molecule has 8 heteroatoms. The number of aliphatic carboxylic acids is 1. The van der Waals surface area contributed by atoms with Crippen molar-refractivity contribution in [3.05, 3.63) is 101 Å². The Morgan fingerprint density at radius 3 is 2.33 bits per heavy atom. The summed E-state index contributed by atoms with van der Waals surface area (Å²) in [4.78, 5) is 45.6. The number of H-pyrrole nitrogens is 1. The summed E-state index contributed by atoms with van der Waals surface area (Å²) in [5.74, 6) is -3.93. The van der Waals surface area contributed by atoms with E-state index in [9.17, 15) is 24.6 Å². The van der Waals surface area contributed by atoms with E-state index < -0.39 is 41.2 Å². The largest absolute Gasteiger partial charge is 0.507 e. The Kier molecular flexibility index (Phi) is 5.80. The maximum absolute atomic E-state index is 14.0. The molecule has 0 aliphatic carbocycles. The molecular formula is C31H29N3O5. The van der Waals surface area contributed by atoms with E-state index in [2.05, 4.69) is 10.3 Å². The number of aryl methyl sites for hydroxylation is 2. The molecule has 4 atom stereocenters. The van der Waals surface area contributed by atoms with Gasteiger partial charge in [-0.1, -0.05) is 60.7 Å². The number of rotatable bonds is 6. The van der Waals surface area contributed by atoms with Gasteiger partial charge < -0.3 is 15.2 Å². The van der Waals surface area contributed by atoms with Crippen LogP contribution in [0.5, 0.6) is 5.75 Å². The van der Waals surface area contributed by atoms with Crippen molar-refractivity contribution < 1.29 is 24.6 Å². The molecule has 0 spiro atoms. The number of hydrogen-bond donors (Lipinski definition) is 4. The molecule has 0 radical (unpaired) electrons. The number of carboxylic acids is 1. The number of carboxylic acid groups (broad SMARTS) is 1. The molecule has 4 unspecified atom stereocenters. The highest BCUT2D eigenvalue weighted by atomic mass is 16.4. The number of phenols is 1. The summed E-state index contributed by atoms with van der Waals surface area (Å²) in [6.07, 6.45) is 1.79. The van der Waals surface area contributed by atoms with Gasteiger partial charge in [0.05, 0.1) is 18.4 Å². The van der Waals surface area contributed by atoms with Gasteiger partial charge in [0.1, 0.15) is 11.3 Å². The predicted octanol–water partition coefficient (Wildman–Crippen LogP) is 4.00. The molecule has 1 aromatic heterocycles. The maximum atomic E-state index is 14.0. The second kappa shape index (κ2) is 9.10. The number of amides is 2. The van der Waals surface area contributed by atoms with Crippen molar-refractivity contribution in [2.75, 3.05) is 0 Å². The minimum absolute atomic E-state index is 0.0122. The average molecular weight is 524 g/mol. The summed E-state index contributed by atoms with van der Waals surface area (Å²) in [5.41, 5.74) is 2.58. The van der Waals surface area contributed by atoms with Crippen molar-refractivity contribution in [2.24, 2.45) is 11.8 Å². The lowest BCUT2D eigenvalue weighted by Gasteiger charge is -2.31. The van der Waals surface area contributed by atoms with Gasteiger partial charge in [0, 0.05) is 29.6 Å². The number of para-hydroxylation sites is 1. The first-order valence-electron chi connectivity index (χ1n) is 13.0. The first kappa shape index (κ1) is 24.9. The fraction of sp³-hybridized carbons (Fsp3) is 0.258. The number of carbonyl (C=O) groups is 3. The zero-order valence-electron chi connectivity index (χ0n) is 21.6. The van der Waals surface area contributed by atoms with Gasteiger partial charge in [-0.25, -0.2) is 0 Å². The van der Waals surface area contributed by atoms with E-state index >= 15 is 0 Å². The summed E-state index contributed by atoms with van der Waals surface area (Å²) in [6, 6.07) is 19.6. The molecule has 4 aromatic rings. The van der Waals surface area contributed by atoms with Gasteiger partial charge in [-0.2, -0.15) is 0 Å². The Hall–Kier alpha value is -4.43. The lowest BCUT2D eigenvalue weighted by Crippen LogP contribution is -2.57. The Morgan fingerprint density at radius 2 is 1.64 bits per heavy atom. The van der Waals surface area contributed by atoms with Crippen LogP contribution in [0.15, 0.2) is 72.9 Å². The van der Waals surface area contributed by atoms with Crippen LogP contribution in [0.3, 0.4) is 0 Å². The van der Waals surface area contributed by atoms with Crippen LogP contribution in [0.2, 0.25) is 0 Å². The zero-order chi connectivity index (χ0) is 27.5. The van der Waals surface area contributed by atoms with E-state index in [1.54, 1.807) is 32.2 Å². The molecule has 2 amide bonds. The van der Waals surface area contributed by atoms with Gasteiger partial charge in [0.25, 0.3) is 0 Å². The van der Waals surface area contributed by atoms with Gasteiger partial charge in [-0.05, 0) is 47.7 Å². The van der Waals surface area contributed by atoms with Crippen LogP contribution in [0, 0.1) is 25.7 Å². The third-order valence-electron chi connectivity index (χ3n) is 8.33. The first-order valence-corrected chi connectivity index (χ1v) is 13.0. The average Bonchev–Trinajstić information content (AvgIpc) is 3.57.